The predicted octanol–water partition coefficient (Wildman–Crippen LogP) is 7.06. The van der Waals surface area contributed by atoms with E-state index in [1.807, 2.05) is 55.7 Å². The molecule has 2 heterocycles. The first-order chi connectivity index (χ1) is 19.2. The fourth-order valence-electron chi connectivity index (χ4n) is 3.96. The lowest BCUT2D eigenvalue weighted by molar-refractivity contribution is -0.113. The molecule has 0 aliphatic heterocycles. The number of hydrogen-bond acceptors (Lipinski definition) is 7. The van der Waals surface area contributed by atoms with Crippen LogP contribution in [-0.4, -0.2) is 37.3 Å². The van der Waals surface area contributed by atoms with E-state index in [0.717, 1.165) is 16.1 Å². The normalized spacial score (nSPS) is 11.8. The third-order valence-corrected chi connectivity index (χ3v) is 8.29. The molecule has 0 fully saturated rings. The number of halogens is 2. The van der Waals surface area contributed by atoms with Gasteiger partial charge in [-0.2, -0.15) is 0 Å². The summed E-state index contributed by atoms with van der Waals surface area (Å²) < 4.78 is 1.85. The molecule has 1 atom stereocenters. The number of amides is 2. The van der Waals surface area contributed by atoms with E-state index in [1.165, 1.54) is 29.2 Å². The number of aromatic nitrogens is 4. The summed E-state index contributed by atoms with van der Waals surface area (Å²) in [6, 6.07) is 14.1. The lowest BCUT2D eigenvalue weighted by Gasteiger charge is -2.23. The monoisotopic (exact) mass is 614 g/mol. The fraction of sp³-hybridized carbons (Fsp3) is 0.250. The van der Waals surface area contributed by atoms with Crippen molar-refractivity contribution in [2.75, 3.05) is 11.1 Å². The highest BCUT2D eigenvalue weighted by molar-refractivity contribution is 7.99. The maximum absolute atomic E-state index is 13.1. The van der Waals surface area contributed by atoms with Crippen molar-refractivity contribution in [3.63, 3.8) is 0 Å². The molecule has 40 heavy (non-hydrogen) atoms. The van der Waals surface area contributed by atoms with Gasteiger partial charge >= 0.3 is 0 Å². The molecular weight excluding hydrogens is 587 g/mol. The van der Waals surface area contributed by atoms with E-state index in [1.54, 1.807) is 18.2 Å². The van der Waals surface area contributed by atoms with Crippen LogP contribution in [-0.2, 0) is 11.3 Å². The van der Waals surface area contributed by atoms with E-state index in [-0.39, 0.29) is 28.5 Å². The minimum absolute atomic E-state index is 0.0177. The highest BCUT2D eigenvalue weighted by atomic mass is 35.5. The number of benzene rings is 2. The molecule has 0 bridgehead atoms. The molecule has 0 aliphatic rings. The molecule has 0 saturated carbocycles. The average Bonchev–Trinajstić information content (AvgIpc) is 3.48. The second-order valence-corrected chi connectivity index (χ2v) is 12.2. The molecule has 0 spiro atoms. The second-order valence-electron chi connectivity index (χ2n) is 9.19. The van der Waals surface area contributed by atoms with Crippen molar-refractivity contribution in [3.8, 4) is 11.3 Å². The smallest absolute Gasteiger partial charge is 0.253 e. The van der Waals surface area contributed by atoms with Crippen LogP contribution in [0.25, 0.3) is 11.3 Å². The molecule has 2 aromatic carbocycles. The SMILES string of the molecule is C=CCn1c(SCC(=O)Nc2nc(-c3ccccc3)c(C)s2)nnc1[C@@H](NC(=O)c1ccc(Cl)cc1Cl)C(C)C. The first-order valence-electron chi connectivity index (χ1n) is 12.4. The Bertz CT molecular complexity index is 1520. The Kier molecular flexibility index (Phi) is 10.0. The zero-order valence-electron chi connectivity index (χ0n) is 22.1. The Morgan fingerprint density at radius 2 is 1.90 bits per heavy atom. The van der Waals surface area contributed by atoms with Crippen molar-refractivity contribution in [2.24, 2.45) is 5.92 Å². The molecule has 0 saturated heterocycles. The van der Waals surface area contributed by atoms with Gasteiger partial charge in [-0.1, -0.05) is 85.2 Å². The number of nitrogens with one attached hydrogen (secondary N) is 2. The van der Waals surface area contributed by atoms with E-state index >= 15 is 0 Å². The van der Waals surface area contributed by atoms with Gasteiger partial charge in [0.2, 0.25) is 5.91 Å². The number of nitrogens with zero attached hydrogens (tertiary/aromatic N) is 4. The van der Waals surface area contributed by atoms with E-state index in [9.17, 15) is 9.59 Å². The molecular formula is C28H28Cl2N6O2S2. The molecule has 4 aromatic rings. The standard InChI is InChI=1S/C28H28Cl2N6O2S2/c1-5-13-36-25(23(16(2)3)32-26(38)20-12-11-19(29)14-21(20)30)34-35-28(36)39-15-22(37)31-27-33-24(17(4)40-27)18-9-7-6-8-10-18/h5-12,14,16,23H,1,13,15H2,2-4H3,(H,32,38)(H,31,33,37)/t23-/m0/s1. The number of allylic oxidation sites excluding steroid dienone is 1. The third-order valence-electron chi connectivity index (χ3n) is 5.89. The van der Waals surface area contributed by atoms with Gasteiger partial charge in [-0.25, -0.2) is 4.98 Å². The summed E-state index contributed by atoms with van der Waals surface area (Å²) in [5, 5.41) is 16.4. The lowest BCUT2D eigenvalue weighted by atomic mass is 10.0. The van der Waals surface area contributed by atoms with Gasteiger partial charge in [0.05, 0.1) is 28.1 Å². The maximum Gasteiger partial charge on any atom is 0.253 e. The number of hydrogen-bond donors (Lipinski definition) is 2. The summed E-state index contributed by atoms with van der Waals surface area (Å²) in [5.74, 6) is 0.0817. The van der Waals surface area contributed by atoms with Gasteiger partial charge in [-0.05, 0) is 31.0 Å². The Morgan fingerprint density at radius 3 is 2.58 bits per heavy atom. The van der Waals surface area contributed by atoms with E-state index in [0.29, 0.717) is 33.2 Å². The Morgan fingerprint density at radius 1 is 1.15 bits per heavy atom. The lowest BCUT2D eigenvalue weighted by Crippen LogP contribution is -2.34. The van der Waals surface area contributed by atoms with Crippen molar-refractivity contribution in [2.45, 2.75) is 38.5 Å². The summed E-state index contributed by atoms with van der Waals surface area (Å²) in [4.78, 5) is 31.5. The van der Waals surface area contributed by atoms with Crippen LogP contribution in [0.4, 0.5) is 5.13 Å². The minimum atomic E-state index is -0.468. The molecule has 2 N–H and O–H groups in total. The topological polar surface area (TPSA) is 102 Å². The number of carbonyl (C=O) groups excluding carboxylic acids is 2. The van der Waals surface area contributed by atoms with Crippen molar-refractivity contribution < 1.29 is 9.59 Å². The van der Waals surface area contributed by atoms with Crippen molar-refractivity contribution in [1.82, 2.24) is 25.1 Å². The van der Waals surface area contributed by atoms with Gasteiger partial charge in [-0.15, -0.1) is 28.1 Å². The molecule has 4 rings (SSSR count). The predicted molar refractivity (Wildman–Crippen MR) is 163 cm³/mol. The van der Waals surface area contributed by atoms with E-state index in [4.69, 9.17) is 23.2 Å². The first-order valence-corrected chi connectivity index (χ1v) is 15.0. The average molecular weight is 616 g/mol. The highest BCUT2D eigenvalue weighted by Gasteiger charge is 2.27. The van der Waals surface area contributed by atoms with Gasteiger partial charge in [-0.3, -0.25) is 9.59 Å². The van der Waals surface area contributed by atoms with Crippen LogP contribution in [0.3, 0.4) is 0 Å². The van der Waals surface area contributed by atoms with Gasteiger partial charge in [0.15, 0.2) is 16.1 Å². The highest BCUT2D eigenvalue weighted by Crippen LogP contribution is 2.31. The number of carbonyl (C=O) groups is 2. The molecule has 208 valence electrons. The minimum Gasteiger partial charge on any atom is -0.342 e. The largest absolute Gasteiger partial charge is 0.342 e. The molecule has 2 aromatic heterocycles. The molecule has 0 unspecified atom stereocenters. The van der Waals surface area contributed by atoms with Crippen LogP contribution in [0.1, 0.15) is 40.9 Å². The van der Waals surface area contributed by atoms with Crippen molar-refractivity contribution in [1.29, 1.82) is 0 Å². The molecule has 8 nitrogen and oxygen atoms in total. The van der Waals surface area contributed by atoms with Crippen LogP contribution in [0.15, 0.2) is 66.3 Å². The summed E-state index contributed by atoms with van der Waals surface area (Å²) >= 11 is 14.9. The summed E-state index contributed by atoms with van der Waals surface area (Å²) in [6.07, 6.45) is 1.72. The van der Waals surface area contributed by atoms with Gasteiger partial charge in [0.1, 0.15) is 0 Å². The van der Waals surface area contributed by atoms with Crippen LogP contribution in [0, 0.1) is 12.8 Å². The van der Waals surface area contributed by atoms with E-state index < -0.39 is 6.04 Å². The molecule has 12 heteroatoms. The Labute approximate surface area is 251 Å². The Balaban J connectivity index is 1.47. The van der Waals surface area contributed by atoms with Crippen molar-refractivity contribution in [3.05, 3.63) is 87.5 Å². The summed E-state index contributed by atoms with van der Waals surface area (Å²) in [7, 11) is 0. The third kappa shape index (κ3) is 7.11. The summed E-state index contributed by atoms with van der Waals surface area (Å²) in [5.41, 5.74) is 2.16. The van der Waals surface area contributed by atoms with Crippen LogP contribution in [0.2, 0.25) is 10.0 Å². The van der Waals surface area contributed by atoms with Gasteiger partial charge in [0, 0.05) is 22.0 Å². The van der Waals surface area contributed by atoms with Crippen molar-refractivity contribution >= 4 is 63.2 Å². The van der Waals surface area contributed by atoms with Crippen LogP contribution < -0.4 is 10.6 Å². The van der Waals surface area contributed by atoms with E-state index in [2.05, 4.69) is 32.4 Å². The molecule has 0 radical (unpaired) electrons. The summed E-state index contributed by atoms with van der Waals surface area (Å²) in [6.45, 7) is 10.2. The number of rotatable bonds is 11. The molecule has 2 amide bonds. The first kappa shape index (κ1) is 29.8. The van der Waals surface area contributed by atoms with Crippen LogP contribution >= 0.6 is 46.3 Å². The maximum atomic E-state index is 13.1. The molecule has 0 aliphatic carbocycles. The number of thioether (sulfide) groups is 1. The van der Waals surface area contributed by atoms with Gasteiger partial charge < -0.3 is 15.2 Å². The number of aryl methyl sites for hydroxylation is 1. The second kappa shape index (κ2) is 13.5. The zero-order valence-corrected chi connectivity index (χ0v) is 25.3. The number of thiazole rings is 1. The quantitative estimate of drug-likeness (QED) is 0.138. The Hall–Kier alpha value is -3.18. The van der Waals surface area contributed by atoms with Crippen LogP contribution in [0.5, 0.6) is 0 Å². The fourth-order valence-corrected chi connectivity index (χ4v) is 6.06. The van der Waals surface area contributed by atoms with Gasteiger partial charge in [0.25, 0.3) is 5.91 Å². The zero-order chi connectivity index (χ0) is 28.8. The number of anilines is 1.